The normalized spacial score (nSPS) is 24.0. The van der Waals surface area contributed by atoms with Crippen LogP contribution < -0.4 is 0 Å². The van der Waals surface area contributed by atoms with Gasteiger partial charge >= 0.3 is 0 Å². The molecule has 0 saturated carbocycles. The Morgan fingerprint density at radius 2 is 2.08 bits per heavy atom. The average molecular weight is 417 g/mol. The van der Waals surface area contributed by atoms with E-state index in [1.165, 1.54) is 10.6 Å². The van der Waals surface area contributed by atoms with Gasteiger partial charge in [-0.2, -0.15) is 5.10 Å². The minimum atomic E-state index is -3.39. The van der Waals surface area contributed by atoms with Crippen LogP contribution in [0.25, 0.3) is 0 Å². The third-order valence-corrected chi connectivity index (χ3v) is 8.42. The number of halogens is 3. The summed E-state index contributed by atoms with van der Waals surface area (Å²) in [4.78, 5) is 0. The molecule has 1 rings (SSSR count). The van der Waals surface area contributed by atoms with Crippen LogP contribution in [0.4, 0.5) is 0 Å². The highest BCUT2D eigenvalue weighted by Crippen LogP contribution is 2.44. The van der Waals surface area contributed by atoms with Crippen molar-refractivity contribution in [3.8, 4) is 0 Å². The van der Waals surface area contributed by atoms with Crippen molar-refractivity contribution >= 4 is 75.8 Å². The molecule has 4 nitrogen and oxygen atoms in total. The maximum Gasteiger partial charge on any atom is 0.236 e. The van der Waals surface area contributed by atoms with Crippen molar-refractivity contribution in [3.63, 3.8) is 0 Å². The highest BCUT2D eigenvalue weighted by atomic mass is 80.0. The number of hydrogen-bond acceptors (Lipinski definition) is 5. The van der Waals surface area contributed by atoms with Crippen LogP contribution in [0.3, 0.4) is 0 Å². The van der Waals surface area contributed by atoms with Gasteiger partial charge in [-0.05, 0) is 59.7 Å². The van der Waals surface area contributed by atoms with Crippen LogP contribution in [0.5, 0.6) is 0 Å². The van der Waals surface area contributed by atoms with E-state index in [2.05, 4.69) is 52.9 Å². The Labute approximate surface area is 106 Å². The summed E-state index contributed by atoms with van der Waals surface area (Å²) in [5, 5.41) is 3.83. The van der Waals surface area contributed by atoms with Crippen molar-refractivity contribution in [1.82, 2.24) is 4.41 Å². The Morgan fingerprint density at radius 1 is 1.54 bits per heavy atom. The van der Waals surface area contributed by atoms with Gasteiger partial charge < -0.3 is 0 Å². The van der Waals surface area contributed by atoms with Crippen LogP contribution in [0, 0.1) is 0 Å². The summed E-state index contributed by atoms with van der Waals surface area (Å²) in [5.41, 5.74) is 0. The maximum absolute atomic E-state index is 11.7. The summed E-state index contributed by atoms with van der Waals surface area (Å²) < 4.78 is 23.0. The highest BCUT2D eigenvalue weighted by molar-refractivity contribution is 9.42. The minimum absolute atomic E-state index is 0.671. The van der Waals surface area contributed by atoms with Gasteiger partial charge in [-0.25, -0.2) is 12.8 Å². The SMILES string of the molecule is CN1N=CC(S(=O)(=O)C(Br)(Br)Br)S1. The summed E-state index contributed by atoms with van der Waals surface area (Å²) in [6.45, 7) is 0. The second-order valence-electron chi connectivity index (χ2n) is 2.19. The molecule has 0 radical (unpaired) electrons. The standard InChI is InChI=1S/C4H5Br3N2O2S2/c1-9-8-2-3(12-9)13(10,11)4(5,6)7/h2-3H,1H3. The number of nitrogens with zero attached hydrogens (tertiary/aromatic N) is 2. The molecule has 0 N–H and O–H groups in total. The minimum Gasteiger partial charge on any atom is -0.241 e. The molecule has 0 spiro atoms. The monoisotopic (exact) mass is 414 g/mol. The highest BCUT2D eigenvalue weighted by Gasteiger charge is 2.44. The van der Waals surface area contributed by atoms with E-state index < -0.39 is 15.9 Å². The fourth-order valence-corrected chi connectivity index (χ4v) is 5.80. The molecule has 0 aromatic heterocycles. The van der Waals surface area contributed by atoms with Crippen LogP contribution in [-0.4, -0.2) is 32.2 Å². The number of sulfone groups is 1. The number of hydrogen-bond donors (Lipinski definition) is 0. The van der Waals surface area contributed by atoms with Gasteiger partial charge in [0.05, 0.1) is 6.21 Å². The zero-order valence-corrected chi connectivity index (χ0v) is 12.7. The molecular weight excluding hydrogens is 412 g/mol. The van der Waals surface area contributed by atoms with Crippen LogP contribution in [0.1, 0.15) is 0 Å². The summed E-state index contributed by atoms with van der Waals surface area (Å²) >= 11 is 10.1. The molecule has 1 heterocycles. The van der Waals surface area contributed by atoms with Crippen LogP contribution in [0.15, 0.2) is 5.10 Å². The van der Waals surface area contributed by atoms with E-state index in [4.69, 9.17) is 0 Å². The smallest absolute Gasteiger partial charge is 0.236 e. The van der Waals surface area contributed by atoms with Crippen molar-refractivity contribution in [3.05, 3.63) is 0 Å². The Balaban J connectivity index is 2.91. The molecule has 0 bridgehead atoms. The average Bonchev–Trinajstić information content (AvgIpc) is 2.33. The van der Waals surface area contributed by atoms with Gasteiger partial charge in [0.25, 0.3) is 0 Å². The predicted octanol–water partition coefficient (Wildman–Crippen LogP) is 2.10. The summed E-state index contributed by atoms with van der Waals surface area (Å²) in [6.07, 6.45) is 1.39. The molecule has 9 heteroatoms. The Bertz CT molecular complexity index is 323. The lowest BCUT2D eigenvalue weighted by Gasteiger charge is -2.16. The van der Waals surface area contributed by atoms with E-state index >= 15 is 0 Å². The van der Waals surface area contributed by atoms with E-state index in [9.17, 15) is 8.42 Å². The van der Waals surface area contributed by atoms with Gasteiger partial charge in [-0.1, -0.05) is 0 Å². The zero-order valence-electron chi connectivity index (χ0n) is 6.32. The lowest BCUT2D eigenvalue weighted by atomic mass is 10.9. The lowest BCUT2D eigenvalue weighted by Crippen LogP contribution is -2.28. The molecule has 0 amide bonds. The van der Waals surface area contributed by atoms with Crippen molar-refractivity contribution in [2.45, 2.75) is 6.06 Å². The van der Waals surface area contributed by atoms with Gasteiger partial charge in [-0.15, -0.1) is 0 Å². The van der Waals surface area contributed by atoms with Crippen LogP contribution >= 0.6 is 59.7 Å². The molecule has 0 fully saturated rings. The van der Waals surface area contributed by atoms with Gasteiger partial charge in [0, 0.05) is 7.05 Å². The van der Waals surface area contributed by atoms with E-state index in [1.807, 2.05) is 0 Å². The van der Waals surface area contributed by atoms with Crippen molar-refractivity contribution in [2.24, 2.45) is 5.10 Å². The van der Waals surface area contributed by atoms with E-state index in [0.29, 0.717) is 0 Å². The fourth-order valence-electron chi connectivity index (χ4n) is 0.622. The molecule has 13 heavy (non-hydrogen) atoms. The van der Waals surface area contributed by atoms with Gasteiger partial charge in [-0.3, -0.25) is 0 Å². The molecule has 0 aromatic carbocycles. The van der Waals surface area contributed by atoms with Crippen molar-refractivity contribution < 1.29 is 8.42 Å². The van der Waals surface area contributed by atoms with E-state index in [1.54, 1.807) is 7.05 Å². The zero-order chi connectivity index (χ0) is 10.3. The third kappa shape index (κ3) is 2.61. The number of rotatable bonds is 1. The molecule has 1 atom stereocenters. The Hall–Kier alpha value is 1.21. The van der Waals surface area contributed by atoms with Crippen molar-refractivity contribution in [2.75, 3.05) is 7.05 Å². The first-order valence-corrected chi connectivity index (χ1v) is 7.76. The summed E-state index contributed by atoms with van der Waals surface area (Å²) in [6, 6.07) is 0. The van der Waals surface area contributed by atoms with Crippen LogP contribution in [-0.2, 0) is 9.84 Å². The largest absolute Gasteiger partial charge is 0.241 e. The quantitative estimate of drug-likeness (QED) is 0.485. The number of alkyl halides is 3. The van der Waals surface area contributed by atoms with Gasteiger partial charge in [0.1, 0.15) is 0 Å². The summed E-state index contributed by atoms with van der Waals surface area (Å²) in [5.74, 6) is 0. The Morgan fingerprint density at radius 3 is 2.38 bits per heavy atom. The molecule has 0 saturated heterocycles. The third-order valence-electron chi connectivity index (χ3n) is 1.24. The van der Waals surface area contributed by atoms with Crippen molar-refractivity contribution in [1.29, 1.82) is 0 Å². The topological polar surface area (TPSA) is 49.7 Å². The first-order valence-electron chi connectivity index (χ1n) is 3.00. The van der Waals surface area contributed by atoms with E-state index in [0.717, 1.165) is 11.9 Å². The second kappa shape index (κ2) is 3.99. The first-order chi connectivity index (χ1) is 5.75. The molecule has 1 aliphatic rings. The second-order valence-corrected chi connectivity index (χ2v) is 14.3. The lowest BCUT2D eigenvalue weighted by molar-refractivity contribution is 0.601. The predicted molar refractivity (Wildman–Crippen MR) is 66.1 cm³/mol. The van der Waals surface area contributed by atoms with E-state index in [-0.39, 0.29) is 0 Å². The molecule has 0 aliphatic carbocycles. The Kier molecular flexibility index (Phi) is 3.77. The summed E-state index contributed by atoms with van der Waals surface area (Å²) in [7, 11) is -1.70. The first kappa shape index (κ1) is 12.3. The maximum atomic E-state index is 11.7. The molecular formula is C4H5Br3N2O2S2. The molecule has 1 unspecified atom stereocenters. The molecule has 0 aromatic rings. The number of hydrazone groups is 1. The molecule has 76 valence electrons. The fraction of sp³-hybridized carbons (Fsp3) is 0.750. The van der Waals surface area contributed by atoms with Crippen LogP contribution in [0.2, 0.25) is 0 Å². The van der Waals surface area contributed by atoms with Gasteiger partial charge in [0.2, 0.25) is 11.3 Å². The molecule has 1 aliphatic heterocycles. The van der Waals surface area contributed by atoms with Gasteiger partial charge in [0.15, 0.2) is 4.58 Å².